The van der Waals surface area contributed by atoms with E-state index in [1.165, 1.54) is 6.07 Å². The Kier molecular flexibility index (Phi) is 3.06. The molecule has 2 rings (SSSR count). The molecule has 18 heavy (non-hydrogen) atoms. The summed E-state index contributed by atoms with van der Waals surface area (Å²) in [4.78, 5) is 23.8. The van der Waals surface area contributed by atoms with E-state index < -0.39 is 11.6 Å². The van der Waals surface area contributed by atoms with Gasteiger partial charge in [-0.25, -0.2) is 0 Å². The van der Waals surface area contributed by atoms with Crippen LogP contribution in [0.2, 0.25) is 0 Å². The van der Waals surface area contributed by atoms with Crippen molar-refractivity contribution >= 4 is 27.7 Å². The van der Waals surface area contributed by atoms with E-state index in [9.17, 15) is 14.7 Å². The molecule has 1 aromatic carbocycles. The van der Waals surface area contributed by atoms with Gasteiger partial charge in [0.05, 0.1) is 4.47 Å². The molecule has 3 N–H and O–H groups in total. The monoisotopic (exact) mass is 312 g/mol. The number of benzene rings is 1. The van der Waals surface area contributed by atoms with Crippen LogP contribution in [0.15, 0.2) is 22.7 Å². The largest absolute Gasteiger partial charge is 0.507 e. The van der Waals surface area contributed by atoms with E-state index in [2.05, 4.69) is 26.6 Å². The number of halogens is 1. The fourth-order valence-corrected chi connectivity index (χ4v) is 2.15. The van der Waals surface area contributed by atoms with Gasteiger partial charge in [0.2, 0.25) is 11.8 Å². The van der Waals surface area contributed by atoms with Crippen LogP contribution in [0.1, 0.15) is 25.5 Å². The van der Waals surface area contributed by atoms with Crippen molar-refractivity contribution < 1.29 is 14.7 Å². The Bertz CT molecular complexity index is 528. The zero-order chi connectivity index (χ0) is 13.5. The number of hydrogen-bond acceptors (Lipinski definition) is 3. The molecule has 1 heterocycles. The number of nitrogens with one attached hydrogen (secondary N) is 2. The van der Waals surface area contributed by atoms with Crippen LogP contribution in [0.5, 0.6) is 5.75 Å². The molecule has 0 radical (unpaired) electrons. The third-order valence-corrected chi connectivity index (χ3v) is 3.48. The molecule has 0 aliphatic carbocycles. The highest BCUT2D eigenvalue weighted by Gasteiger charge is 2.39. The van der Waals surface area contributed by atoms with Crippen LogP contribution in [0.25, 0.3) is 0 Å². The zero-order valence-corrected chi connectivity index (χ0v) is 11.5. The number of phenolic OH excluding ortho intramolecular Hbond substituents is 1. The van der Waals surface area contributed by atoms with Crippen molar-refractivity contribution in [2.24, 2.45) is 0 Å². The predicted molar refractivity (Wildman–Crippen MR) is 68.9 cm³/mol. The third-order valence-electron chi connectivity index (χ3n) is 2.85. The fraction of sp³-hybridized carbons (Fsp3) is 0.333. The fourth-order valence-electron chi connectivity index (χ4n) is 1.75. The van der Waals surface area contributed by atoms with Crippen LogP contribution >= 0.6 is 15.9 Å². The van der Waals surface area contributed by atoms with Gasteiger partial charge in [-0.05, 0) is 47.5 Å². The second-order valence-corrected chi connectivity index (χ2v) is 5.59. The van der Waals surface area contributed by atoms with E-state index in [0.717, 1.165) is 0 Å². The summed E-state index contributed by atoms with van der Waals surface area (Å²) < 4.78 is 0.479. The summed E-state index contributed by atoms with van der Waals surface area (Å²) in [5.74, 6) is -0.421. The molecule has 1 aromatic rings. The maximum atomic E-state index is 11.9. The van der Waals surface area contributed by atoms with Crippen molar-refractivity contribution in [3.05, 3.63) is 28.2 Å². The lowest BCUT2D eigenvalue weighted by Gasteiger charge is -2.34. The number of hydrogen-bond donors (Lipinski definition) is 3. The molecular formula is C12H13BrN2O3. The average Bonchev–Trinajstić information content (AvgIpc) is 2.27. The minimum absolute atomic E-state index is 0.0848. The van der Waals surface area contributed by atoms with Gasteiger partial charge in [0.15, 0.2) is 0 Å². The Morgan fingerprint density at radius 1 is 1.33 bits per heavy atom. The Labute approximate surface area is 113 Å². The molecule has 1 aliphatic heterocycles. The number of amides is 2. The highest BCUT2D eigenvalue weighted by Crippen LogP contribution is 2.28. The van der Waals surface area contributed by atoms with Gasteiger partial charge >= 0.3 is 0 Å². The summed E-state index contributed by atoms with van der Waals surface area (Å²) in [6.45, 7) is 3.28. The molecule has 1 fully saturated rings. The molecule has 1 unspecified atom stereocenters. The van der Waals surface area contributed by atoms with Gasteiger partial charge < -0.3 is 15.7 Å². The van der Waals surface area contributed by atoms with Crippen LogP contribution in [0.4, 0.5) is 0 Å². The van der Waals surface area contributed by atoms with Gasteiger partial charge in [0.25, 0.3) is 0 Å². The number of phenols is 1. The topological polar surface area (TPSA) is 78.4 Å². The van der Waals surface area contributed by atoms with Gasteiger partial charge in [-0.2, -0.15) is 0 Å². The number of carbonyl (C=O) groups is 2. The maximum absolute atomic E-state index is 11.9. The molecule has 1 saturated heterocycles. The van der Waals surface area contributed by atoms with Crippen LogP contribution in [-0.4, -0.2) is 22.5 Å². The van der Waals surface area contributed by atoms with Crippen LogP contribution in [0.3, 0.4) is 0 Å². The molecule has 5 nitrogen and oxygen atoms in total. The van der Waals surface area contributed by atoms with E-state index >= 15 is 0 Å². The average molecular weight is 313 g/mol. The summed E-state index contributed by atoms with van der Waals surface area (Å²) in [6.07, 6.45) is 0. The quantitative estimate of drug-likeness (QED) is 0.729. The molecule has 1 atom stereocenters. The minimum atomic E-state index is -0.901. The third kappa shape index (κ3) is 2.20. The number of rotatable bonds is 1. The number of piperazine rings is 1. The van der Waals surface area contributed by atoms with E-state index in [4.69, 9.17) is 0 Å². The first-order chi connectivity index (χ1) is 8.31. The molecule has 0 bridgehead atoms. The van der Waals surface area contributed by atoms with Gasteiger partial charge in [-0.3, -0.25) is 9.59 Å². The Balaban J connectivity index is 2.32. The van der Waals surface area contributed by atoms with E-state index in [0.29, 0.717) is 10.0 Å². The lowest BCUT2D eigenvalue weighted by Crippen LogP contribution is -2.63. The molecule has 6 heteroatoms. The Morgan fingerprint density at radius 2 is 2.00 bits per heavy atom. The maximum Gasteiger partial charge on any atom is 0.248 e. The smallest absolute Gasteiger partial charge is 0.248 e. The van der Waals surface area contributed by atoms with Crippen molar-refractivity contribution in [3.63, 3.8) is 0 Å². The standard InChI is InChI=1S/C12H13BrN2O3/c1-12(2)11(18)14-9(10(17)15-12)6-3-4-8(16)7(13)5-6/h3-5,9,16H,1-2H3,(H,14,18)(H,15,17). The highest BCUT2D eigenvalue weighted by molar-refractivity contribution is 9.10. The summed E-state index contributed by atoms with van der Waals surface area (Å²) >= 11 is 3.18. The molecule has 96 valence electrons. The highest BCUT2D eigenvalue weighted by atomic mass is 79.9. The minimum Gasteiger partial charge on any atom is -0.507 e. The van der Waals surface area contributed by atoms with Gasteiger partial charge in [0, 0.05) is 0 Å². The van der Waals surface area contributed by atoms with Crippen molar-refractivity contribution in [1.29, 1.82) is 0 Å². The molecular weight excluding hydrogens is 300 g/mol. The van der Waals surface area contributed by atoms with E-state index in [-0.39, 0.29) is 17.6 Å². The SMILES string of the molecule is CC1(C)NC(=O)C(c2ccc(O)c(Br)c2)NC1=O. The predicted octanol–water partition coefficient (Wildman–Crippen LogP) is 1.22. The van der Waals surface area contributed by atoms with Crippen molar-refractivity contribution in [2.45, 2.75) is 25.4 Å². The molecule has 0 aromatic heterocycles. The zero-order valence-electron chi connectivity index (χ0n) is 9.95. The first kappa shape index (κ1) is 12.9. The lowest BCUT2D eigenvalue weighted by molar-refractivity contribution is -0.140. The summed E-state index contributed by atoms with van der Waals surface area (Å²) in [6, 6.07) is 3.95. The molecule has 0 saturated carbocycles. The van der Waals surface area contributed by atoms with Gasteiger partial charge in [-0.1, -0.05) is 6.07 Å². The first-order valence-electron chi connectivity index (χ1n) is 5.42. The second kappa shape index (κ2) is 4.28. The lowest BCUT2D eigenvalue weighted by atomic mass is 9.96. The first-order valence-corrected chi connectivity index (χ1v) is 6.22. The van der Waals surface area contributed by atoms with E-state index in [1.54, 1.807) is 26.0 Å². The Morgan fingerprint density at radius 3 is 2.61 bits per heavy atom. The van der Waals surface area contributed by atoms with Crippen LogP contribution in [0, 0.1) is 0 Å². The summed E-state index contributed by atoms with van der Waals surface area (Å²) in [5.41, 5.74) is -0.289. The number of carbonyl (C=O) groups excluding carboxylic acids is 2. The summed E-state index contributed by atoms with van der Waals surface area (Å²) in [7, 11) is 0. The number of aromatic hydroxyl groups is 1. The van der Waals surface area contributed by atoms with Crippen LogP contribution < -0.4 is 10.6 Å². The van der Waals surface area contributed by atoms with Crippen molar-refractivity contribution in [2.75, 3.05) is 0 Å². The summed E-state index contributed by atoms with van der Waals surface area (Å²) in [5, 5.41) is 14.7. The van der Waals surface area contributed by atoms with Crippen molar-refractivity contribution in [1.82, 2.24) is 10.6 Å². The van der Waals surface area contributed by atoms with E-state index in [1.807, 2.05) is 0 Å². The normalized spacial score (nSPS) is 22.3. The Hall–Kier alpha value is -1.56. The molecule has 1 aliphatic rings. The molecule has 2 amide bonds. The van der Waals surface area contributed by atoms with Crippen LogP contribution in [-0.2, 0) is 9.59 Å². The van der Waals surface area contributed by atoms with Crippen molar-refractivity contribution in [3.8, 4) is 5.75 Å². The van der Waals surface area contributed by atoms with Gasteiger partial charge in [0.1, 0.15) is 17.3 Å². The van der Waals surface area contributed by atoms with Gasteiger partial charge in [-0.15, -0.1) is 0 Å². The second-order valence-electron chi connectivity index (χ2n) is 4.73. The molecule has 0 spiro atoms.